The van der Waals surface area contributed by atoms with Gasteiger partial charge in [-0.05, 0) is 49.1 Å². The number of aromatic nitrogens is 2. The van der Waals surface area contributed by atoms with Gasteiger partial charge in [0.05, 0.1) is 6.20 Å². The highest BCUT2D eigenvalue weighted by molar-refractivity contribution is 5.05. The summed E-state index contributed by atoms with van der Waals surface area (Å²) in [4.78, 5) is 0. The Morgan fingerprint density at radius 2 is 2.41 bits per heavy atom. The lowest BCUT2D eigenvalue weighted by molar-refractivity contribution is 0.142. The topological polar surface area (TPSA) is 43.8 Å². The number of rotatable bonds is 4. The van der Waals surface area contributed by atoms with Gasteiger partial charge < -0.3 is 5.73 Å². The van der Waals surface area contributed by atoms with Gasteiger partial charge in [-0.2, -0.15) is 5.10 Å². The number of nitrogens with zero attached hydrogens (tertiary/aromatic N) is 2. The van der Waals surface area contributed by atoms with E-state index in [1.165, 1.54) is 37.7 Å². The zero-order chi connectivity index (χ0) is 12.3. The summed E-state index contributed by atoms with van der Waals surface area (Å²) < 4.78 is 1.88. The van der Waals surface area contributed by atoms with E-state index in [1.54, 1.807) is 0 Å². The van der Waals surface area contributed by atoms with E-state index in [9.17, 15) is 0 Å². The number of nitrogens with two attached hydrogens (primary N) is 1. The minimum absolute atomic E-state index is 0.396. The Hall–Kier alpha value is -0.830. The number of aryl methyl sites for hydroxylation is 2. The predicted octanol–water partition coefficient (Wildman–Crippen LogP) is 2.51. The van der Waals surface area contributed by atoms with Crippen molar-refractivity contribution < 1.29 is 0 Å². The molecular weight excluding hydrogens is 210 g/mol. The summed E-state index contributed by atoms with van der Waals surface area (Å²) in [5.41, 5.74) is 7.79. The Balaban J connectivity index is 1.94. The third kappa shape index (κ3) is 3.09. The largest absolute Gasteiger partial charge is 0.330 e. The SMILES string of the molecule is CC1CCCC(CN)(CCc2cnn(C)c2)C1. The summed E-state index contributed by atoms with van der Waals surface area (Å²) >= 11 is 0. The van der Waals surface area contributed by atoms with Crippen LogP contribution in [-0.2, 0) is 13.5 Å². The highest BCUT2D eigenvalue weighted by atomic mass is 15.2. The van der Waals surface area contributed by atoms with Crippen LogP contribution in [0.25, 0.3) is 0 Å². The minimum Gasteiger partial charge on any atom is -0.330 e. The monoisotopic (exact) mass is 235 g/mol. The van der Waals surface area contributed by atoms with E-state index in [2.05, 4.69) is 18.2 Å². The molecule has 1 fully saturated rings. The van der Waals surface area contributed by atoms with Crippen LogP contribution in [0.3, 0.4) is 0 Å². The molecule has 0 bridgehead atoms. The Morgan fingerprint density at radius 1 is 1.59 bits per heavy atom. The summed E-state index contributed by atoms with van der Waals surface area (Å²) in [6.07, 6.45) is 11.8. The van der Waals surface area contributed by atoms with E-state index in [0.29, 0.717) is 5.41 Å². The molecule has 2 unspecified atom stereocenters. The van der Waals surface area contributed by atoms with Gasteiger partial charge in [0, 0.05) is 13.2 Å². The molecule has 1 aliphatic carbocycles. The summed E-state index contributed by atoms with van der Waals surface area (Å²) in [6, 6.07) is 0. The molecule has 1 saturated carbocycles. The van der Waals surface area contributed by atoms with Crippen LogP contribution in [0.4, 0.5) is 0 Å². The quantitative estimate of drug-likeness (QED) is 0.871. The van der Waals surface area contributed by atoms with Gasteiger partial charge in [0.25, 0.3) is 0 Å². The van der Waals surface area contributed by atoms with E-state index in [4.69, 9.17) is 5.73 Å². The molecule has 1 aromatic rings. The molecule has 1 aliphatic rings. The molecule has 0 aromatic carbocycles. The molecule has 17 heavy (non-hydrogen) atoms. The van der Waals surface area contributed by atoms with Gasteiger partial charge in [0.2, 0.25) is 0 Å². The summed E-state index contributed by atoms with van der Waals surface area (Å²) in [7, 11) is 1.98. The maximum atomic E-state index is 6.05. The molecule has 0 amide bonds. The van der Waals surface area contributed by atoms with Gasteiger partial charge >= 0.3 is 0 Å². The fourth-order valence-corrected chi connectivity index (χ4v) is 3.29. The standard InChI is InChI=1S/C14H25N3/c1-12-4-3-6-14(8-12,11-15)7-5-13-9-16-17(2)10-13/h9-10,12H,3-8,11,15H2,1-2H3. The van der Waals surface area contributed by atoms with Crippen molar-refractivity contribution in [3.63, 3.8) is 0 Å². The molecule has 0 aliphatic heterocycles. The average molecular weight is 235 g/mol. The van der Waals surface area contributed by atoms with Gasteiger partial charge in [0.15, 0.2) is 0 Å². The molecule has 2 N–H and O–H groups in total. The molecule has 2 rings (SSSR count). The van der Waals surface area contributed by atoms with Crippen molar-refractivity contribution >= 4 is 0 Å². The minimum atomic E-state index is 0.396. The van der Waals surface area contributed by atoms with E-state index in [1.807, 2.05) is 17.9 Å². The lowest BCUT2D eigenvalue weighted by Crippen LogP contribution is -2.35. The van der Waals surface area contributed by atoms with Crippen molar-refractivity contribution in [3.8, 4) is 0 Å². The van der Waals surface area contributed by atoms with Crippen molar-refractivity contribution in [3.05, 3.63) is 18.0 Å². The first-order valence-corrected chi connectivity index (χ1v) is 6.81. The molecule has 3 nitrogen and oxygen atoms in total. The first-order chi connectivity index (χ1) is 8.13. The van der Waals surface area contributed by atoms with Gasteiger partial charge in [0.1, 0.15) is 0 Å². The van der Waals surface area contributed by atoms with Crippen molar-refractivity contribution in [1.82, 2.24) is 9.78 Å². The summed E-state index contributed by atoms with van der Waals surface area (Å²) in [5, 5.41) is 4.23. The van der Waals surface area contributed by atoms with Gasteiger partial charge in [-0.25, -0.2) is 0 Å². The molecule has 2 atom stereocenters. The Bertz CT molecular complexity index is 358. The lowest BCUT2D eigenvalue weighted by atomic mass is 9.67. The van der Waals surface area contributed by atoms with Crippen LogP contribution >= 0.6 is 0 Å². The maximum absolute atomic E-state index is 6.05. The molecule has 0 radical (unpaired) electrons. The van der Waals surface area contributed by atoms with E-state index >= 15 is 0 Å². The first kappa shape index (κ1) is 12.6. The second-order valence-electron chi connectivity index (χ2n) is 5.93. The van der Waals surface area contributed by atoms with Crippen molar-refractivity contribution in [2.75, 3.05) is 6.54 Å². The third-order valence-corrected chi connectivity index (χ3v) is 4.32. The molecule has 1 heterocycles. The molecular formula is C14H25N3. The van der Waals surface area contributed by atoms with Gasteiger partial charge in [-0.1, -0.05) is 19.8 Å². The highest BCUT2D eigenvalue weighted by Crippen LogP contribution is 2.41. The van der Waals surface area contributed by atoms with Crippen molar-refractivity contribution in [1.29, 1.82) is 0 Å². The summed E-state index contributed by atoms with van der Waals surface area (Å²) in [5.74, 6) is 0.848. The van der Waals surface area contributed by atoms with E-state index < -0.39 is 0 Å². The van der Waals surface area contributed by atoms with Crippen LogP contribution in [0.15, 0.2) is 12.4 Å². The number of hydrogen-bond donors (Lipinski definition) is 1. The fraction of sp³-hybridized carbons (Fsp3) is 0.786. The second kappa shape index (κ2) is 5.21. The Labute approximate surface area is 104 Å². The maximum Gasteiger partial charge on any atom is 0.0521 e. The van der Waals surface area contributed by atoms with E-state index in [0.717, 1.165) is 18.9 Å². The van der Waals surface area contributed by atoms with Gasteiger partial charge in [-0.3, -0.25) is 4.68 Å². The van der Waals surface area contributed by atoms with Crippen LogP contribution in [0.2, 0.25) is 0 Å². The molecule has 0 spiro atoms. The zero-order valence-corrected chi connectivity index (χ0v) is 11.2. The zero-order valence-electron chi connectivity index (χ0n) is 11.2. The Morgan fingerprint density at radius 3 is 3.00 bits per heavy atom. The van der Waals surface area contributed by atoms with Gasteiger partial charge in [-0.15, -0.1) is 0 Å². The Kier molecular flexibility index (Phi) is 3.87. The van der Waals surface area contributed by atoms with Crippen LogP contribution in [-0.4, -0.2) is 16.3 Å². The highest BCUT2D eigenvalue weighted by Gasteiger charge is 2.33. The predicted molar refractivity (Wildman–Crippen MR) is 70.6 cm³/mol. The van der Waals surface area contributed by atoms with Crippen LogP contribution in [0.1, 0.15) is 44.6 Å². The van der Waals surface area contributed by atoms with Crippen molar-refractivity contribution in [2.45, 2.75) is 45.4 Å². The molecule has 3 heteroatoms. The molecule has 0 saturated heterocycles. The average Bonchev–Trinajstić information content (AvgIpc) is 2.73. The second-order valence-corrected chi connectivity index (χ2v) is 5.93. The van der Waals surface area contributed by atoms with Crippen molar-refractivity contribution in [2.24, 2.45) is 24.1 Å². The van der Waals surface area contributed by atoms with E-state index in [-0.39, 0.29) is 0 Å². The molecule has 96 valence electrons. The van der Waals surface area contributed by atoms with Crippen LogP contribution < -0.4 is 5.73 Å². The summed E-state index contributed by atoms with van der Waals surface area (Å²) in [6.45, 7) is 3.21. The normalized spacial score (nSPS) is 29.5. The smallest absolute Gasteiger partial charge is 0.0521 e. The third-order valence-electron chi connectivity index (χ3n) is 4.32. The fourth-order valence-electron chi connectivity index (χ4n) is 3.29. The number of hydrogen-bond acceptors (Lipinski definition) is 2. The van der Waals surface area contributed by atoms with Crippen LogP contribution in [0.5, 0.6) is 0 Å². The lowest BCUT2D eigenvalue weighted by Gasteiger charge is -2.39. The molecule has 1 aromatic heterocycles. The first-order valence-electron chi connectivity index (χ1n) is 6.81. The van der Waals surface area contributed by atoms with Crippen LogP contribution in [0, 0.1) is 11.3 Å².